The van der Waals surface area contributed by atoms with Crippen LogP contribution in [0.1, 0.15) is 12.8 Å². The highest BCUT2D eigenvalue weighted by molar-refractivity contribution is 7.92. The molecule has 6 nitrogen and oxygen atoms in total. The summed E-state index contributed by atoms with van der Waals surface area (Å²) < 4.78 is 41.8. The smallest absolute Gasteiger partial charge is 0.248 e. The number of hydrogen-bond donors (Lipinski definition) is 1. The number of carbonyl (C=O) groups is 1. The molecule has 0 aliphatic carbocycles. The van der Waals surface area contributed by atoms with Crippen LogP contribution in [0, 0.1) is 5.82 Å². The van der Waals surface area contributed by atoms with E-state index in [1.165, 1.54) is 31.2 Å². The van der Waals surface area contributed by atoms with E-state index in [4.69, 9.17) is 4.74 Å². The predicted octanol–water partition coefficient (Wildman–Crippen LogP) is 1.39. The summed E-state index contributed by atoms with van der Waals surface area (Å²) in [6.07, 6.45) is 1.49. The van der Waals surface area contributed by atoms with Crippen molar-refractivity contribution in [2.45, 2.75) is 17.6 Å². The summed E-state index contributed by atoms with van der Waals surface area (Å²) in [5.41, 5.74) is 0.287. The number of ether oxygens (including phenoxy) is 1. The largest absolute Gasteiger partial charge is 0.494 e. The first-order valence-electron chi connectivity index (χ1n) is 7.25. The van der Waals surface area contributed by atoms with Crippen LogP contribution in [0.25, 0.3) is 0 Å². The molecule has 1 fully saturated rings. The molecular weight excluding hydrogens is 359 g/mol. The predicted molar refractivity (Wildman–Crippen MR) is 93.3 cm³/mol. The van der Waals surface area contributed by atoms with Crippen LogP contribution >= 0.6 is 12.4 Å². The third kappa shape index (κ3) is 3.65. The fraction of sp³-hybridized carbons (Fsp3) is 0.533. The molecule has 1 amide bonds. The fourth-order valence-corrected chi connectivity index (χ4v) is 4.26. The fourth-order valence-electron chi connectivity index (χ4n) is 2.86. The third-order valence-corrected chi connectivity index (χ3v) is 6.34. The van der Waals surface area contributed by atoms with Gasteiger partial charge in [0.25, 0.3) is 0 Å². The summed E-state index contributed by atoms with van der Waals surface area (Å²) in [5, 5.41) is 3.06. The van der Waals surface area contributed by atoms with Gasteiger partial charge in [-0.2, -0.15) is 0 Å². The number of nitrogens with zero attached hydrogens (tertiary/aromatic N) is 1. The molecule has 0 spiro atoms. The average molecular weight is 381 g/mol. The van der Waals surface area contributed by atoms with Crippen molar-refractivity contribution in [3.8, 4) is 5.75 Å². The number of carbonyl (C=O) groups excluding carboxylic acids is 1. The van der Waals surface area contributed by atoms with Gasteiger partial charge in [-0.05, 0) is 38.1 Å². The molecule has 0 radical (unpaired) electrons. The molecule has 2 rings (SSSR count). The summed E-state index contributed by atoms with van der Waals surface area (Å²) in [5.74, 6) is -1.08. The van der Waals surface area contributed by atoms with Crippen LogP contribution < -0.4 is 15.0 Å². The Bertz CT molecular complexity index is 705. The van der Waals surface area contributed by atoms with Crippen LogP contribution in [0.4, 0.5) is 10.1 Å². The number of nitrogens with one attached hydrogen (secondary N) is 1. The summed E-state index contributed by atoms with van der Waals surface area (Å²) in [7, 11) is -0.808. The van der Waals surface area contributed by atoms with Gasteiger partial charge in [-0.15, -0.1) is 12.4 Å². The summed E-state index contributed by atoms with van der Waals surface area (Å²) >= 11 is 0. The Morgan fingerprint density at radius 3 is 2.38 bits per heavy atom. The van der Waals surface area contributed by atoms with Gasteiger partial charge in [0.1, 0.15) is 0 Å². The van der Waals surface area contributed by atoms with Gasteiger partial charge in [-0.25, -0.2) is 12.8 Å². The van der Waals surface area contributed by atoms with Crippen molar-refractivity contribution in [2.24, 2.45) is 0 Å². The molecule has 1 aliphatic heterocycles. The van der Waals surface area contributed by atoms with Crippen LogP contribution in [0.3, 0.4) is 0 Å². The van der Waals surface area contributed by atoms with Crippen molar-refractivity contribution in [3.05, 3.63) is 24.0 Å². The number of anilines is 1. The van der Waals surface area contributed by atoms with Gasteiger partial charge >= 0.3 is 0 Å². The lowest BCUT2D eigenvalue weighted by Gasteiger charge is -2.37. The second kappa shape index (κ2) is 7.67. The molecule has 0 saturated carbocycles. The summed E-state index contributed by atoms with van der Waals surface area (Å²) in [4.78, 5) is 14.1. The topological polar surface area (TPSA) is 75.7 Å². The summed E-state index contributed by atoms with van der Waals surface area (Å²) in [6, 6.07) is 4.09. The lowest BCUT2D eigenvalue weighted by molar-refractivity contribution is -0.121. The van der Waals surface area contributed by atoms with E-state index in [2.05, 4.69) is 5.32 Å². The maximum absolute atomic E-state index is 13.9. The molecule has 1 aromatic carbocycles. The highest BCUT2D eigenvalue weighted by Crippen LogP contribution is 2.32. The van der Waals surface area contributed by atoms with Gasteiger partial charge in [0.2, 0.25) is 5.91 Å². The third-order valence-electron chi connectivity index (χ3n) is 4.34. The molecule has 1 heterocycles. The zero-order valence-corrected chi connectivity index (χ0v) is 15.5. The number of methoxy groups -OCH3 is 1. The lowest BCUT2D eigenvalue weighted by Crippen LogP contribution is -2.57. The standard InChI is InChI=1S/C15H21FN2O4S.ClH/c1-18(11-4-5-13(22-2)12(16)10-11)14(19)15(23(3,20)21)6-8-17-9-7-15;/h4-5,10,17H,6-9H2,1-3H3;1H. The molecule has 1 aliphatic rings. The quantitative estimate of drug-likeness (QED) is 0.854. The number of benzene rings is 1. The van der Waals surface area contributed by atoms with Gasteiger partial charge < -0.3 is 15.0 Å². The number of piperidine rings is 1. The number of hydrogen-bond acceptors (Lipinski definition) is 5. The number of halogens is 2. The molecular formula is C15H22ClFN2O4S. The first-order valence-corrected chi connectivity index (χ1v) is 9.14. The second-order valence-electron chi connectivity index (χ2n) is 5.70. The monoisotopic (exact) mass is 380 g/mol. The molecule has 1 saturated heterocycles. The van der Waals surface area contributed by atoms with Crippen molar-refractivity contribution >= 4 is 33.8 Å². The highest BCUT2D eigenvalue weighted by Gasteiger charge is 2.50. The molecule has 1 N–H and O–H groups in total. The van der Waals surface area contributed by atoms with Gasteiger partial charge in [-0.1, -0.05) is 0 Å². The van der Waals surface area contributed by atoms with Crippen LogP contribution in [-0.4, -0.2) is 52.6 Å². The van der Waals surface area contributed by atoms with Gasteiger partial charge in [0.15, 0.2) is 26.2 Å². The molecule has 0 bridgehead atoms. The van der Waals surface area contributed by atoms with Crippen molar-refractivity contribution in [2.75, 3.05) is 38.4 Å². The van der Waals surface area contributed by atoms with Crippen LogP contribution in [0.5, 0.6) is 5.75 Å². The van der Waals surface area contributed by atoms with Crippen LogP contribution in [-0.2, 0) is 14.6 Å². The second-order valence-corrected chi connectivity index (χ2v) is 8.03. The SMILES string of the molecule is COc1ccc(N(C)C(=O)C2(S(C)(=O)=O)CCNCC2)cc1F.Cl. The van der Waals surface area contributed by atoms with Crippen molar-refractivity contribution < 1.29 is 22.3 Å². The Balaban J connectivity index is 0.00000288. The number of rotatable bonds is 4. The van der Waals surface area contributed by atoms with Crippen LogP contribution in [0.15, 0.2) is 18.2 Å². The molecule has 0 unspecified atom stereocenters. The van der Waals surface area contributed by atoms with Crippen molar-refractivity contribution in [1.82, 2.24) is 5.32 Å². The Morgan fingerprint density at radius 1 is 1.33 bits per heavy atom. The highest BCUT2D eigenvalue weighted by atomic mass is 35.5. The maximum Gasteiger partial charge on any atom is 0.248 e. The maximum atomic E-state index is 13.9. The minimum absolute atomic E-state index is 0. The van der Waals surface area contributed by atoms with E-state index in [9.17, 15) is 17.6 Å². The minimum atomic E-state index is -3.61. The van der Waals surface area contributed by atoms with E-state index in [1.54, 1.807) is 0 Å². The molecule has 0 atom stereocenters. The molecule has 24 heavy (non-hydrogen) atoms. The van der Waals surface area contributed by atoms with E-state index in [1.807, 2.05) is 0 Å². The molecule has 0 aromatic heterocycles. The van der Waals surface area contributed by atoms with Gasteiger partial charge in [-0.3, -0.25) is 4.79 Å². The van der Waals surface area contributed by atoms with E-state index in [0.717, 1.165) is 12.3 Å². The normalized spacial score (nSPS) is 16.8. The Morgan fingerprint density at radius 2 is 1.92 bits per heavy atom. The van der Waals surface area contributed by atoms with E-state index in [0.29, 0.717) is 13.1 Å². The molecule has 136 valence electrons. The summed E-state index contributed by atoms with van der Waals surface area (Å²) in [6.45, 7) is 0.896. The molecule has 1 aromatic rings. The average Bonchev–Trinajstić information content (AvgIpc) is 2.53. The first-order chi connectivity index (χ1) is 10.7. The molecule has 9 heteroatoms. The van der Waals surface area contributed by atoms with Gasteiger partial charge in [0, 0.05) is 25.1 Å². The first kappa shape index (κ1) is 20.7. The number of amides is 1. The minimum Gasteiger partial charge on any atom is -0.494 e. The Labute approximate surface area is 147 Å². The van der Waals surface area contributed by atoms with Crippen LogP contribution in [0.2, 0.25) is 0 Å². The Kier molecular flexibility index (Phi) is 6.60. The van der Waals surface area contributed by atoms with E-state index in [-0.39, 0.29) is 36.7 Å². The zero-order chi connectivity index (χ0) is 17.3. The van der Waals surface area contributed by atoms with Crippen molar-refractivity contribution in [1.29, 1.82) is 0 Å². The van der Waals surface area contributed by atoms with E-state index < -0.39 is 26.3 Å². The number of sulfone groups is 1. The van der Waals surface area contributed by atoms with E-state index >= 15 is 0 Å². The lowest BCUT2D eigenvalue weighted by atomic mass is 9.95. The zero-order valence-electron chi connectivity index (χ0n) is 13.8. The van der Waals surface area contributed by atoms with Gasteiger partial charge in [0.05, 0.1) is 7.11 Å². The Hall–Kier alpha value is -1.38. The van der Waals surface area contributed by atoms with Crippen molar-refractivity contribution in [3.63, 3.8) is 0 Å².